The average Bonchev–Trinajstić information content (AvgIpc) is 2.79. The summed E-state index contributed by atoms with van der Waals surface area (Å²) in [6.07, 6.45) is 4.49. The molecule has 15 heavy (non-hydrogen) atoms. The van der Waals surface area contributed by atoms with Crippen molar-refractivity contribution in [2.24, 2.45) is 0 Å². The van der Waals surface area contributed by atoms with Gasteiger partial charge in [0.25, 0.3) is 0 Å². The van der Waals surface area contributed by atoms with Crippen LogP contribution in [0.25, 0.3) is 0 Å². The molecule has 0 aliphatic heterocycles. The van der Waals surface area contributed by atoms with Crippen LogP contribution in [-0.4, -0.2) is 21.5 Å². The first-order chi connectivity index (χ1) is 7.25. The van der Waals surface area contributed by atoms with Crippen LogP contribution >= 0.6 is 11.3 Å². The van der Waals surface area contributed by atoms with Gasteiger partial charge in [0, 0.05) is 29.7 Å². The third kappa shape index (κ3) is 2.56. The standard InChI is InChI=1S/C10H14N4S/c1-7-8(2)15-10(14-7)12-4-3-9-5-11-6-13-9/h5-6H,3-4H2,1-2H3,(H,11,13)(H,12,14). The zero-order valence-electron chi connectivity index (χ0n) is 8.87. The summed E-state index contributed by atoms with van der Waals surface area (Å²) in [7, 11) is 0. The largest absolute Gasteiger partial charge is 0.361 e. The van der Waals surface area contributed by atoms with Gasteiger partial charge in [-0.05, 0) is 13.8 Å². The Labute approximate surface area is 92.8 Å². The fourth-order valence-electron chi connectivity index (χ4n) is 1.27. The van der Waals surface area contributed by atoms with E-state index in [9.17, 15) is 0 Å². The lowest BCUT2D eigenvalue weighted by atomic mass is 10.3. The first-order valence-corrected chi connectivity index (χ1v) is 5.72. The molecule has 0 fully saturated rings. The molecule has 0 aliphatic rings. The number of H-pyrrole nitrogens is 1. The lowest BCUT2D eigenvalue weighted by Gasteiger charge is -1.99. The predicted molar refractivity (Wildman–Crippen MR) is 62.4 cm³/mol. The van der Waals surface area contributed by atoms with Crippen molar-refractivity contribution >= 4 is 16.5 Å². The van der Waals surface area contributed by atoms with E-state index in [1.54, 1.807) is 17.7 Å². The first kappa shape index (κ1) is 10.2. The van der Waals surface area contributed by atoms with Gasteiger partial charge < -0.3 is 10.3 Å². The second-order valence-corrected chi connectivity index (χ2v) is 4.62. The van der Waals surface area contributed by atoms with Gasteiger partial charge in [-0.3, -0.25) is 0 Å². The van der Waals surface area contributed by atoms with Gasteiger partial charge in [0.05, 0.1) is 12.0 Å². The first-order valence-electron chi connectivity index (χ1n) is 4.91. The molecule has 0 radical (unpaired) electrons. The zero-order chi connectivity index (χ0) is 10.7. The summed E-state index contributed by atoms with van der Waals surface area (Å²) in [5.41, 5.74) is 2.26. The summed E-state index contributed by atoms with van der Waals surface area (Å²) in [6.45, 7) is 5.01. The van der Waals surface area contributed by atoms with Crippen LogP contribution in [0.5, 0.6) is 0 Å². The van der Waals surface area contributed by atoms with Crippen LogP contribution in [0.2, 0.25) is 0 Å². The highest BCUT2D eigenvalue weighted by atomic mass is 32.1. The van der Waals surface area contributed by atoms with Crippen molar-refractivity contribution in [2.45, 2.75) is 20.3 Å². The Kier molecular flexibility index (Phi) is 3.01. The highest BCUT2D eigenvalue weighted by Gasteiger charge is 2.02. The number of imidazole rings is 1. The highest BCUT2D eigenvalue weighted by Crippen LogP contribution is 2.20. The Balaban J connectivity index is 1.83. The fourth-order valence-corrected chi connectivity index (χ4v) is 2.11. The summed E-state index contributed by atoms with van der Waals surface area (Å²) < 4.78 is 0. The highest BCUT2D eigenvalue weighted by molar-refractivity contribution is 7.15. The number of aromatic nitrogens is 3. The molecule has 4 nitrogen and oxygen atoms in total. The minimum atomic E-state index is 0.884. The van der Waals surface area contributed by atoms with Gasteiger partial charge in [-0.1, -0.05) is 0 Å². The number of nitrogens with zero attached hydrogens (tertiary/aromatic N) is 2. The van der Waals surface area contributed by atoms with Gasteiger partial charge in [0.1, 0.15) is 0 Å². The molecule has 2 aromatic rings. The summed E-state index contributed by atoms with van der Waals surface area (Å²) in [5, 5.41) is 4.31. The second kappa shape index (κ2) is 4.44. The monoisotopic (exact) mass is 222 g/mol. The van der Waals surface area contributed by atoms with E-state index in [4.69, 9.17) is 0 Å². The van der Waals surface area contributed by atoms with Crippen LogP contribution in [0.4, 0.5) is 5.13 Å². The normalized spacial score (nSPS) is 10.5. The molecule has 5 heteroatoms. The third-order valence-electron chi connectivity index (χ3n) is 2.25. The number of hydrogen-bond donors (Lipinski definition) is 2. The Bertz CT molecular complexity index is 399. The van der Waals surface area contributed by atoms with Crippen molar-refractivity contribution in [3.8, 4) is 0 Å². The summed E-state index contributed by atoms with van der Waals surface area (Å²) in [5.74, 6) is 0. The molecular weight excluding hydrogens is 208 g/mol. The average molecular weight is 222 g/mol. The van der Waals surface area contributed by atoms with E-state index < -0.39 is 0 Å². The molecule has 2 heterocycles. The Hall–Kier alpha value is -1.36. The number of thiazole rings is 1. The van der Waals surface area contributed by atoms with E-state index in [2.05, 4.69) is 27.2 Å². The van der Waals surface area contributed by atoms with E-state index in [0.29, 0.717) is 0 Å². The van der Waals surface area contributed by atoms with Crippen molar-refractivity contribution in [1.82, 2.24) is 15.0 Å². The molecule has 0 atom stereocenters. The van der Waals surface area contributed by atoms with Gasteiger partial charge in [0.15, 0.2) is 5.13 Å². The summed E-state index contributed by atoms with van der Waals surface area (Å²) in [4.78, 5) is 12.7. The van der Waals surface area contributed by atoms with Gasteiger partial charge in [-0.25, -0.2) is 9.97 Å². The molecule has 0 saturated carbocycles. The number of hydrogen-bond acceptors (Lipinski definition) is 4. The molecule has 0 amide bonds. The third-order valence-corrected chi connectivity index (χ3v) is 3.28. The molecule has 0 bridgehead atoms. The number of nitrogens with one attached hydrogen (secondary N) is 2. The minimum absolute atomic E-state index is 0.884. The molecule has 0 aromatic carbocycles. The van der Waals surface area contributed by atoms with Gasteiger partial charge in [-0.15, -0.1) is 11.3 Å². The van der Waals surface area contributed by atoms with Crippen LogP contribution in [0, 0.1) is 13.8 Å². The van der Waals surface area contributed by atoms with Gasteiger partial charge in [-0.2, -0.15) is 0 Å². The molecule has 2 aromatic heterocycles. The van der Waals surface area contributed by atoms with Crippen molar-refractivity contribution in [2.75, 3.05) is 11.9 Å². The van der Waals surface area contributed by atoms with E-state index in [-0.39, 0.29) is 0 Å². The smallest absolute Gasteiger partial charge is 0.183 e. The summed E-state index contributed by atoms with van der Waals surface area (Å²) in [6, 6.07) is 0. The SMILES string of the molecule is Cc1nc(NCCc2cnc[nH]2)sc1C. The van der Waals surface area contributed by atoms with Gasteiger partial charge in [0.2, 0.25) is 0 Å². The van der Waals surface area contributed by atoms with Crippen LogP contribution in [0.1, 0.15) is 16.3 Å². The van der Waals surface area contributed by atoms with Crippen LogP contribution in [-0.2, 0) is 6.42 Å². The van der Waals surface area contributed by atoms with E-state index in [0.717, 1.165) is 29.5 Å². The lowest BCUT2D eigenvalue weighted by Crippen LogP contribution is -2.04. The topological polar surface area (TPSA) is 53.6 Å². The number of rotatable bonds is 4. The molecule has 2 rings (SSSR count). The van der Waals surface area contributed by atoms with Crippen molar-refractivity contribution in [3.05, 3.63) is 28.8 Å². The second-order valence-electron chi connectivity index (χ2n) is 3.41. The number of anilines is 1. The van der Waals surface area contributed by atoms with E-state index in [1.165, 1.54) is 4.88 Å². The predicted octanol–water partition coefficient (Wildman–Crippen LogP) is 2.14. The number of aryl methyl sites for hydroxylation is 2. The molecule has 2 N–H and O–H groups in total. The quantitative estimate of drug-likeness (QED) is 0.833. The lowest BCUT2D eigenvalue weighted by molar-refractivity contribution is 0.972. The minimum Gasteiger partial charge on any atom is -0.361 e. The Morgan fingerprint density at radius 3 is 2.93 bits per heavy atom. The van der Waals surface area contributed by atoms with Crippen LogP contribution in [0.3, 0.4) is 0 Å². The zero-order valence-corrected chi connectivity index (χ0v) is 9.69. The molecule has 0 aliphatic carbocycles. The fraction of sp³-hybridized carbons (Fsp3) is 0.400. The maximum atomic E-state index is 4.41. The van der Waals surface area contributed by atoms with Crippen LogP contribution in [0.15, 0.2) is 12.5 Å². The van der Waals surface area contributed by atoms with Crippen LogP contribution < -0.4 is 5.32 Å². The molecule has 0 saturated heterocycles. The maximum absolute atomic E-state index is 4.41. The molecule has 0 spiro atoms. The maximum Gasteiger partial charge on any atom is 0.183 e. The summed E-state index contributed by atoms with van der Waals surface area (Å²) >= 11 is 1.70. The van der Waals surface area contributed by atoms with Crippen molar-refractivity contribution in [1.29, 1.82) is 0 Å². The number of aromatic amines is 1. The van der Waals surface area contributed by atoms with Crippen molar-refractivity contribution < 1.29 is 0 Å². The Morgan fingerprint density at radius 2 is 2.33 bits per heavy atom. The molecule has 0 unspecified atom stereocenters. The molecule has 80 valence electrons. The van der Waals surface area contributed by atoms with Crippen molar-refractivity contribution in [3.63, 3.8) is 0 Å². The van der Waals surface area contributed by atoms with Gasteiger partial charge >= 0.3 is 0 Å². The van der Waals surface area contributed by atoms with E-state index in [1.807, 2.05) is 13.1 Å². The molecular formula is C10H14N4S. The van der Waals surface area contributed by atoms with E-state index >= 15 is 0 Å². The Morgan fingerprint density at radius 1 is 1.47 bits per heavy atom.